The molecule has 2 aromatic rings. The molecule has 90 valence electrons. The highest BCUT2D eigenvalue weighted by Gasteiger charge is 2.08. The number of nitrogen functional groups attached to an aromatic ring is 1. The van der Waals surface area contributed by atoms with Gasteiger partial charge in [-0.05, 0) is 31.5 Å². The maximum Gasteiger partial charge on any atom is 0.127 e. The number of nitrogens with zero attached hydrogens (tertiary/aromatic N) is 1. The van der Waals surface area contributed by atoms with Crippen LogP contribution in [-0.4, -0.2) is 11.1 Å². The molecule has 1 unspecified atom stereocenters. The first-order valence-corrected chi connectivity index (χ1v) is 6.01. The van der Waals surface area contributed by atoms with Gasteiger partial charge in [0.25, 0.3) is 0 Å². The Morgan fingerprint density at radius 2 is 2.12 bits per heavy atom. The zero-order valence-corrected chi connectivity index (χ0v) is 10.3. The molecular weight excluding hydrogens is 212 g/mol. The average Bonchev–Trinajstić information content (AvgIpc) is 2.34. The molecule has 0 bridgehead atoms. The lowest BCUT2D eigenvalue weighted by Gasteiger charge is -2.16. The number of pyridine rings is 1. The fourth-order valence-electron chi connectivity index (χ4n) is 1.97. The minimum atomic E-state index is 0.222. The zero-order chi connectivity index (χ0) is 12.3. The van der Waals surface area contributed by atoms with Crippen molar-refractivity contribution < 1.29 is 4.74 Å². The Morgan fingerprint density at radius 3 is 2.88 bits per heavy atom. The average molecular weight is 230 g/mol. The monoisotopic (exact) mass is 230 g/mol. The lowest BCUT2D eigenvalue weighted by atomic mass is 10.1. The molecule has 0 aliphatic carbocycles. The molecule has 17 heavy (non-hydrogen) atoms. The summed E-state index contributed by atoms with van der Waals surface area (Å²) in [6.07, 6.45) is 5.94. The van der Waals surface area contributed by atoms with Gasteiger partial charge in [0.15, 0.2) is 0 Å². The SMILES string of the molecule is CCCC(C)Oc1ccc(N)c2cnccc12. The van der Waals surface area contributed by atoms with Crippen LogP contribution >= 0.6 is 0 Å². The molecule has 3 nitrogen and oxygen atoms in total. The highest BCUT2D eigenvalue weighted by atomic mass is 16.5. The second-order valence-corrected chi connectivity index (χ2v) is 4.29. The van der Waals surface area contributed by atoms with Crippen LogP contribution in [0.15, 0.2) is 30.6 Å². The molecule has 3 heteroatoms. The van der Waals surface area contributed by atoms with Crippen LogP contribution in [0.3, 0.4) is 0 Å². The number of aromatic nitrogens is 1. The number of anilines is 1. The van der Waals surface area contributed by atoms with Crippen LogP contribution in [0.4, 0.5) is 5.69 Å². The molecule has 0 aliphatic heterocycles. The summed E-state index contributed by atoms with van der Waals surface area (Å²) >= 11 is 0. The van der Waals surface area contributed by atoms with E-state index in [9.17, 15) is 0 Å². The van der Waals surface area contributed by atoms with Gasteiger partial charge in [0.1, 0.15) is 5.75 Å². The number of hydrogen-bond donors (Lipinski definition) is 1. The van der Waals surface area contributed by atoms with E-state index < -0.39 is 0 Å². The molecule has 0 aliphatic rings. The highest BCUT2D eigenvalue weighted by Crippen LogP contribution is 2.30. The standard InChI is InChI=1S/C14H18N2O/c1-3-4-10(2)17-14-6-5-13(15)12-9-16-8-7-11(12)14/h5-10H,3-4,15H2,1-2H3. The molecule has 0 fully saturated rings. The molecule has 0 saturated carbocycles. The first-order valence-electron chi connectivity index (χ1n) is 6.01. The summed E-state index contributed by atoms with van der Waals surface area (Å²) in [5.41, 5.74) is 6.66. The Bertz CT molecular complexity index is 511. The quantitative estimate of drug-likeness (QED) is 0.819. The minimum absolute atomic E-state index is 0.222. The Hall–Kier alpha value is -1.77. The van der Waals surface area contributed by atoms with Crippen molar-refractivity contribution in [2.75, 3.05) is 5.73 Å². The maximum absolute atomic E-state index is 5.94. The van der Waals surface area contributed by atoms with Gasteiger partial charge in [-0.2, -0.15) is 0 Å². The molecule has 0 spiro atoms. The van der Waals surface area contributed by atoms with Crippen molar-refractivity contribution in [2.24, 2.45) is 0 Å². The van der Waals surface area contributed by atoms with Crippen molar-refractivity contribution in [1.82, 2.24) is 4.98 Å². The van der Waals surface area contributed by atoms with Gasteiger partial charge >= 0.3 is 0 Å². The Balaban J connectivity index is 2.38. The van der Waals surface area contributed by atoms with E-state index in [0.717, 1.165) is 35.1 Å². The predicted molar refractivity (Wildman–Crippen MR) is 71.2 cm³/mol. The number of benzene rings is 1. The number of ether oxygens (including phenoxy) is 1. The Morgan fingerprint density at radius 1 is 1.29 bits per heavy atom. The van der Waals surface area contributed by atoms with Crippen molar-refractivity contribution in [2.45, 2.75) is 32.8 Å². The Kier molecular flexibility index (Phi) is 3.47. The van der Waals surface area contributed by atoms with Crippen LogP contribution in [-0.2, 0) is 0 Å². The van der Waals surface area contributed by atoms with E-state index in [2.05, 4.69) is 18.8 Å². The van der Waals surface area contributed by atoms with Crippen molar-refractivity contribution in [3.05, 3.63) is 30.6 Å². The van der Waals surface area contributed by atoms with Crippen LogP contribution in [0, 0.1) is 0 Å². The van der Waals surface area contributed by atoms with E-state index in [1.165, 1.54) is 0 Å². The van der Waals surface area contributed by atoms with Crippen LogP contribution in [0.2, 0.25) is 0 Å². The summed E-state index contributed by atoms with van der Waals surface area (Å²) in [6.45, 7) is 4.25. The van der Waals surface area contributed by atoms with Gasteiger partial charge in [-0.3, -0.25) is 4.98 Å². The fraction of sp³-hybridized carbons (Fsp3) is 0.357. The fourth-order valence-corrected chi connectivity index (χ4v) is 1.97. The smallest absolute Gasteiger partial charge is 0.127 e. The summed E-state index contributed by atoms with van der Waals surface area (Å²) in [5, 5.41) is 1.98. The van der Waals surface area contributed by atoms with Crippen LogP contribution in [0.1, 0.15) is 26.7 Å². The molecule has 1 aromatic carbocycles. The van der Waals surface area contributed by atoms with Gasteiger partial charge in [0.2, 0.25) is 0 Å². The van der Waals surface area contributed by atoms with Crippen molar-refractivity contribution in [3.8, 4) is 5.75 Å². The minimum Gasteiger partial charge on any atom is -0.490 e. The van der Waals surface area contributed by atoms with Crippen LogP contribution < -0.4 is 10.5 Å². The van der Waals surface area contributed by atoms with Crippen LogP contribution in [0.5, 0.6) is 5.75 Å². The molecule has 2 N–H and O–H groups in total. The first kappa shape index (κ1) is 11.7. The highest BCUT2D eigenvalue weighted by molar-refractivity contribution is 5.96. The van der Waals surface area contributed by atoms with Gasteiger partial charge < -0.3 is 10.5 Å². The first-order chi connectivity index (χ1) is 8.22. The largest absolute Gasteiger partial charge is 0.490 e. The van der Waals surface area contributed by atoms with Crippen molar-refractivity contribution in [1.29, 1.82) is 0 Å². The molecule has 0 amide bonds. The molecule has 0 saturated heterocycles. The lowest BCUT2D eigenvalue weighted by Crippen LogP contribution is -2.11. The molecule has 1 aromatic heterocycles. The molecule has 1 atom stereocenters. The van der Waals surface area contributed by atoms with E-state index in [0.29, 0.717) is 0 Å². The van der Waals surface area contributed by atoms with Gasteiger partial charge in [-0.1, -0.05) is 13.3 Å². The summed E-state index contributed by atoms with van der Waals surface area (Å²) in [7, 11) is 0. The topological polar surface area (TPSA) is 48.1 Å². The normalized spacial score (nSPS) is 12.6. The van der Waals surface area contributed by atoms with E-state index in [4.69, 9.17) is 10.5 Å². The van der Waals surface area contributed by atoms with E-state index in [-0.39, 0.29) is 6.10 Å². The predicted octanol–water partition coefficient (Wildman–Crippen LogP) is 3.38. The summed E-state index contributed by atoms with van der Waals surface area (Å²) < 4.78 is 5.94. The third-order valence-corrected chi connectivity index (χ3v) is 2.84. The lowest BCUT2D eigenvalue weighted by molar-refractivity contribution is 0.212. The number of rotatable bonds is 4. The van der Waals surface area contributed by atoms with Gasteiger partial charge in [0, 0.05) is 28.9 Å². The van der Waals surface area contributed by atoms with Crippen molar-refractivity contribution >= 4 is 16.5 Å². The Labute approximate surface area is 102 Å². The summed E-state index contributed by atoms with van der Waals surface area (Å²) in [5.74, 6) is 0.887. The van der Waals surface area contributed by atoms with Gasteiger partial charge in [-0.15, -0.1) is 0 Å². The van der Waals surface area contributed by atoms with Gasteiger partial charge in [-0.25, -0.2) is 0 Å². The molecule has 1 heterocycles. The second kappa shape index (κ2) is 5.04. The maximum atomic E-state index is 5.94. The summed E-state index contributed by atoms with van der Waals surface area (Å²) in [4.78, 5) is 4.09. The third kappa shape index (κ3) is 2.49. The third-order valence-electron chi connectivity index (χ3n) is 2.84. The van der Waals surface area contributed by atoms with Gasteiger partial charge in [0.05, 0.1) is 6.10 Å². The summed E-state index contributed by atoms with van der Waals surface area (Å²) in [6, 6.07) is 5.75. The van der Waals surface area contributed by atoms with Crippen molar-refractivity contribution in [3.63, 3.8) is 0 Å². The van der Waals surface area contributed by atoms with E-state index in [1.807, 2.05) is 18.2 Å². The number of nitrogens with two attached hydrogens (primary N) is 1. The van der Waals surface area contributed by atoms with E-state index >= 15 is 0 Å². The number of fused-ring (bicyclic) bond motifs is 1. The van der Waals surface area contributed by atoms with Crippen LogP contribution in [0.25, 0.3) is 10.8 Å². The van der Waals surface area contributed by atoms with E-state index in [1.54, 1.807) is 12.4 Å². The number of hydrogen-bond acceptors (Lipinski definition) is 3. The second-order valence-electron chi connectivity index (χ2n) is 4.29. The zero-order valence-electron chi connectivity index (χ0n) is 10.3. The molecular formula is C14H18N2O. The molecule has 0 radical (unpaired) electrons. The molecule has 2 rings (SSSR count).